The lowest BCUT2D eigenvalue weighted by Gasteiger charge is -2.19. The van der Waals surface area contributed by atoms with Crippen molar-refractivity contribution in [3.05, 3.63) is 48.6 Å². The highest BCUT2D eigenvalue weighted by Gasteiger charge is 2.25. The van der Waals surface area contributed by atoms with Crippen molar-refractivity contribution < 1.29 is 4.65 Å². The first kappa shape index (κ1) is 22.3. The molecule has 4 heterocycles. The number of rotatable bonds is 1. The highest BCUT2D eigenvalue weighted by molar-refractivity contribution is 6.52. The summed E-state index contributed by atoms with van der Waals surface area (Å²) < 4.78 is 4.93. The van der Waals surface area contributed by atoms with Crippen LogP contribution < -0.4 is 5.32 Å². The summed E-state index contributed by atoms with van der Waals surface area (Å²) in [4.78, 5) is 16.2. The standard InChI is InChI=1S/C12H12BN3O.C11H13N3/c14-10-17-13-6-4-11(5-7-13)2-3-12-15-8-1-9-16-12;1-6-13-11(14-7-1)3-2-10-4-8-12-9-5-10/h1,8-9,11H,4-7H2;1,6-7,10,12H,4-5,8-9H2. The van der Waals surface area contributed by atoms with Crippen molar-refractivity contribution in [2.75, 3.05) is 13.1 Å². The predicted octanol–water partition coefficient (Wildman–Crippen LogP) is 2.55. The highest BCUT2D eigenvalue weighted by Crippen LogP contribution is 2.24. The normalized spacial score (nSPS) is 16.3. The summed E-state index contributed by atoms with van der Waals surface area (Å²) in [6.45, 7) is 2.25. The molecule has 0 spiro atoms. The number of aromatic nitrogens is 4. The molecule has 0 radical (unpaired) electrons. The van der Waals surface area contributed by atoms with E-state index in [4.69, 9.17) is 9.92 Å². The maximum absolute atomic E-state index is 8.42. The Morgan fingerprint density at radius 3 is 1.77 bits per heavy atom. The van der Waals surface area contributed by atoms with Crippen LogP contribution in [0.25, 0.3) is 0 Å². The number of hydrogen-bond acceptors (Lipinski definition) is 7. The minimum Gasteiger partial charge on any atom is -0.498 e. The largest absolute Gasteiger partial charge is 0.498 e. The van der Waals surface area contributed by atoms with Crippen molar-refractivity contribution >= 4 is 6.92 Å². The van der Waals surface area contributed by atoms with Crippen LogP contribution in [0.2, 0.25) is 12.6 Å². The molecule has 31 heavy (non-hydrogen) atoms. The van der Waals surface area contributed by atoms with Gasteiger partial charge in [-0.05, 0) is 75.4 Å². The van der Waals surface area contributed by atoms with Crippen LogP contribution in [0, 0.1) is 47.0 Å². The SMILES string of the molecule is C(#CC1CCNCC1)c1ncccn1.N#COB1CCC(C#Cc2ncccn2)CC1. The fraction of sp³-hybridized carbons (Fsp3) is 0.435. The fourth-order valence-electron chi connectivity index (χ4n) is 3.43. The van der Waals surface area contributed by atoms with E-state index in [1.54, 1.807) is 43.2 Å². The summed E-state index contributed by atoms with van der Waals surface area (Å²) in [5.74, 6) is 14.5. The maximum Gasteiger partial charge on any atom is 0.373 e. The number of nitrogens with zero attached hydrogens (tertiary/aromatic N) is 5. The third-order valence-electron chi connectivity index (χ3n) is 5.14. The van der Waals surface area contributed by atoms with Gasteiger partial charge in [0.15, 0.2) is 0 Å². The molecule has 2 fully saturated rings. The van der Waals surface area contributed by atoms with Gasteiger partial charge in [0.2, 0.25) is 11.6 Å². The zero-order valence-electron chi connectivity index (χ0n) is 17.5. The first-order valence-electron chi connectivity index (χ1n) is 10.7. The smallest absolute Gasteiger partial charge is 0.373 e. The minimum absolute atomic E-state index is 0.0889. The van der Waals surface area contributed by atoms with Gasteiger partial charge in [-0.1, -0.05) is 11.8 Å². The zero-order valence-corrected chi connectivity index (χ0v) is 17.5. The summed E-state index contributed by atoms with van der Waals surface area (Å²) in [5.41, 5.74) is 0. The summed E-state index contributed by atoms with van der Waals surface area (Å²) >= 11 is 0. The number of nitrogens with one attached hydrogen (secondary N) is 1. The molecule has 2 saturated heterocycles. The number of nitriles is 1. The topological polar surface area (TPSA) is 96.6 Å². The van der Waals surface area contributed by atoms with Gasteiger partial charge in [0.1, 0.15) is 0 Å². The van der Waals surface area contributed by atoms with Gasteiger partial charge in [-0.25, -0.2) is 19.9 Å². The Morgan fingerprint density at radius 1 is 0.806 bits per heavy atom. The molecule has 8 heteroatoms. The van der Waals surface area contributed by atoms with Gasteiger partial charge in [-0.15, -0.1) is 0 Å². The van der Waals surface area contributed by atoms with Crippen LogP contribution in [0.3, 0.4) is 0 Å². The first-order chi connectivity index (χ1) is 15.3. The van der Waals surface area contributed by atoms with E-state index in [1.807, 2.05) is 0 Å². The van der Waals surface area contributed by atoms with Crippen molar-refractivity contribution in [1.82, 2.24) is 25.3 Å². The quantitative estimate of drug-likeness (QED) is 0.437. The molecular weight excluding hydrogens is 387 g/mol. The van der Waals surface area contributed by atoms with Gasteiger partial charge in [0, 0.05) is 36.6 Å². The maximum atomic E-state index is 8.42. The lowest BCUT2D eigenvalue weighted by Crippen LogP contribution is -2.26. The lowest BCUT2D eigenvalue weighted by molar-refractivity contribution is 0.447. The molecule has 0 unspecified atom stereocenters. The summed E-state index contributed by atoms with van der Waals surface area (Å²) in [5, 5.41) is 11.7. The molecule has 156 valence electrons. The molecule has 0 aromatic carbocycles. The van der Waals surface area contributed by atoms with Gasteiger partial charge in [0.25, 0.3) is 6.26 Å². The minimum atomic E-state index is 0.0889. The Balaban J connectivity index is 0.000000179. The predicted molar refractivity (Wildman–Crippen MR) is 118 cm³/mol. The van der Waals surface area contributed by atoms with Crippen LogP contribution in [0.5, 0.6) is 0 Å². The molecule has 4 rings (SSSR count). The van der Waals surface area contributed by atoms with Crippen LogP contribution in [-0.4, -0.2) is 39.9 Å². The van der Waals surface area contributed by atoms with E-state index >= 15 is 0 Å². The molecule has 1 N–H and O–H groups in total. The molecule has 0 atom stereocenters. The van der Waals surface area contributed by atoms with E-state index in [0.717, 1.165) is 51.4 Å². The van der Waals surface area contributed by atoms with Crippen LogP contribution >= 0.6 is 0 Å². The Bertz CT molecular complexity index is 944. The lowest BCUT2D eigenvalue weighted by atomic mass is 9.54. The number of hydrogen-bond donors (Lipinski definition) is 1. The molecular formula is C23H25BN6O. The molecule has 0 amide bonds. The Morgan fingerprint density at radius 2 is 1.29 bits per heavy atom. The molecule has 0 bridgehead atoms. The van der Waals surface area contributed by atoms with Gasteiger partial charge >= 0.3 is 6.92 Å². The molecule has 0 aliphatic carbocycles. The third kappa shape index (κ3) is 8.46. The Hall–Kier alpha value is -3.41. The molecule has 7 nitrogen and oxygen atoms in total. The molecule has 2 aliphatic heterocycles. The van der Waals surface area contributed by atoms with Crippen LogP contribution in [0.15, 0.2) is 36.9 Å². The van der Waals surface area contributed by atoms with E-state index in [2.05, 4.69) is 48.9 Å². The van der Waals surface area contributed by atoms with Gasteiger partial charge in [-0.2, -0.15) is 5.26 Å². The summed E-state index contributed by atoms with van der Waals surface area (Å²) in [6.07, 6.45) is 14.6. The molecule has 2 aromatic heterocycles. The Labute approximate surface area is 184 Å². The second-order valence-electron chi connectivity index (χ2n) is 7.39. The number of piperidine rings is 1. The van der Waals surface area contributed by atoms with Crippen molar-refractivity contribution in [3.8, 4) is 29.9 Å². The summed E-state index contributed by atoms with van der Waals surface area (Å²) in [6, 6.07) is 3.57. The van der Waals surface area contributed by atoms with Crippen LogP contribution in [0.1, 0.15) is 37.3 Å². The second-order valence-corrected chi connectivity index (χ2v) is 7.39. The fourth-order valence-corrected chi connectivity index (χ4v) is 3.43. The molecule has 2 aromatic rings. The third-order valence-corrected chi connectivity index (χ3v) is 5.14. The van der Waals surface area contributed by atoms with Gasteiger partial charge in [0.05, 0.1) is 0 Å². The van der Waals surface area contributed by atoms with Crippen molar-refractivity contribution in [2.45, 2.75) is 38.3 Å². The van der Waals surface area contributed by atoms with Crippen LogP contribution in [-0.2, 0) is 4.65 Å². The zero-order chi connectivity index (χ0) is 21.6. The van der Waals surface area contributed by atoms with Gasteiger partial charge < -0.3 is 9.97 Å². The molecule has 2 aliphatic rings. The molecule has 0 saturated carbocycles. The van der Waals surface area contributed by atoms with E-state index in [1.165, 1.54) is 0 Å². The average molecular weight is 412 g/mol. The van der Waals surface area contributed by atoms with E-state index in [9.17, 15) is 0 Å². The monoisotopic (exact) mass is 412 g/mol. The second kappa shape index (κ2) is 13.0. The van der Waals surface area contributed by atoms with Crippen LogP contribution in [0.4, 0.5) is 0 Å². The van der Waals surface area contributed by atoms with E-state index < -0.39 is 0 Å². The van der Waals surface area contributed by atoms with Crippen molar-refractivity contribution in [2.24, 2.45) is 11.8 Å². The first-order valence-corrected chi connectivity index (χ1v) is 10.7. The van der Waals surface area contributed by atoms with Crippen molar-refractivity contribution in [1.29, 1.82) is 5.26 Å². The Kier molecular flexibility index (Phi) is 9.35. The van der Waals surface area contributed by atoms with E-state index in [0.29, 0.717) is 23.5 Å². The highest BCUT2D eigenvalue weighted by atomic mass is 16.4. The van der Waals surface area contributed by atoms with Gasteiger partial charge in [-0.3, -0.25) is 0 Å². The van der Waals surface area contributed by atoms with Crippen molar-refractivity contribution in [3.63, 3.8) is 0 Å². The average Bonchev–Trinajstić information content (AvgIpc) is 2.85. The summed E-state index contributed by atoms with van der Waals surface area (Å²) in [7, 11) is 0. The van der Waals surface area contributed by atoms with E-state index in [-0.39, 0.29) is 6.92 Å².